The van der Waals surface area contributed by atoms with Crippen molar-refractivity contribution in [3.8, 4) is 6.07 Å². The first kappa shape index (κ1) is 10.5. The van der Waals surface area contributed by atoms with Gasteiger partial charge >= 0.3 is 0 Å². The fourth-order valence-electron chi connectivity index (χ4n) is 1.22. The van der Waals surface area contributed by atoms with Crippen molar-refractivity contribution in [2.24, 2.45) is 0 Å². The number of anilines is 1. The summed E-state index contributed by atoms with van der Waals surface area (Å²) in [7, 11) is 0. The molecule has 0 atom stereocenters. The van der Waals surface area contributed by atoms with E-state index in [1.54, 1.807) is 18.2 Å². The number of H-pyrrole nitrogens is 1. The molecule has 0 fully saturated rings. The summed E-state index contributed by atoms with van der Waals surface area (Å²) >= 11 is 5.89. The molecule has 0 aliphatic carbocycles. The summed E-state index contributed by atoms with van der Waals surface area (Å²) in [5.74, 6) is 0.737. The first-order valence-electron chi connectivity index (χ1n) is 4.57. The van der Waals surface area contributed by atoms with Crippen molar-refractivity contribution in [1.29, 1.82) is 5.26 Å². The molecule has 0 saturated heterocycles. The summed E-state index contributed by atoms with van der Waals surface area (Å²) in [5.41, 5.74) is 1.30. The summed E-state index contributed by atoms with van der Waals surface area (Å²) in [4.78, 5) is 3.97. The van der Waals surface area contributed by atoms with Crippen molar-refractivity contribution in [2.45, 2.75) is 6.54 Å². The Hall–Kier alpha value is -2.06. The zero-order valence-corrected chi connectivity index (χ0v) is 8.99. The molecule has 0 saturated carbocycles. The monoisotopic (exact) mass is 233 g/mol. The lowest BCUT2D eigenvalue weighted by Gasteiger charge is -2.04. The minimum atomic E-state index is 0.435. The van der Waals surface area contributed by atoms with Gasteiger partial charge < -0.3 is 5.32 Å². The Morgan fingerprint density at radius 2 is 2.38 bits per heavy atom. The third-order valence-electron chi connectivity index (χ3n) is 2.01. The Morgan fingerprint density at radius 1 is 1.50 bits per heavy atom. The van der Waals surface area contributed by atoms with Gasteiger partial charge in [0, 0.05) is 5.69 Å². The van der Waals surface area contributed by atoms with Crippen LogP contribution in [0.25, 0.3) is 0 Å². The molecule has 0 spiro atoms. The van der Waals surface area contributed by atoms with Crippen molar-refractivity contribution in [3.63, 3.8) is 0 Å². The number of benzene rings is 1. The largest absolute Gasteiger partial charge is 0.378 e. The smallest absolute Gasteiger partial charge is 0.143 e. The molecule has 0 bridgehead atoms. The van der Waals surface area contributed by atoms with Crippen LogP contribution in [0.4, 0.5) is 5.69 Å². The van der Waals surface area contributed by atoms with Crippen LogP contribution in [0.3, 0.4) is 0 Å². The van der Waals surface area contributed by atoms with E-state index in [4.69, 9.17) is 16.9 Å². The zero-order valence-electron chi connectivity index (χ0n) is 8.24. The molecule has 1 aromatic heterocycles. The lowest BCUT2D eigenvalue weighted by Crippen LogP contribution is -2.01. The number of aromatic nitrogens is 3. The number of nitrogens with zero attached hydrogens (tertiary/aromatic N) is 3. The van der Waals surface area contributed by atoms with Crippen molar-refractivity contribution in [2.75, 3.05) is 5.32 Å². The molecule has 1 heterocycles. The van der Waals surface area contributed by atoms with E-state index in [9.17, 15) is 0 Å². The lowest BCUT2D eigenvalue weighted by atomic mass is 10.2. The SMILES string of the molecule is N#Cc1ccc(NCc2ncn[nH]2)cc1Cl. The molecular formula is C10H8ClN5. The Balaban J connectivity index is 2.06. The molecule has 2 N–H and O–H groups in total. The van der Waals surface area contributed by atoms with Gasteiger partial charge in [0.05, 0.1) is 17.1 Å². The second-order valence-electron chi connectivity index (χ2n) is 3.09. The first-order valence-corrected chi connectivity index (χ1v) is 4.95. The maximum absolute atomic E-state index is 8.71. The van der Waals surface area contributed by atoms with E-state index in [2.05, 4.69) is 20.5 Å². The number of nitrogens with one attached hydrogen (secondary N) is 2. The van der Waals surface area contributed by atoms with E-state index < -0.39 is 0 Å². The highest BCUT2D eigenvalue weighted by molar-refractivity contribution is 6.32. The lowest BCUT2D eigenvalue weighted by molar-refractivity contribution is 0.955. The minimum absolute atomic E-state index is 0.435. The molecule has 2 aromatic rings. The average Bonchev–Trinajstić information content (AvgIpc) is 2.79. The van der Waals surface area contributed by atoms with Crippen LogP contribution in [0.2, 0.25) is 5.02 Å². The number of nitriles is 1. The van der Waals surface area contributed by atoms with Crippen LogP contribution in [-0.2, 0) is 6.54 Å². The number of aromatic amines is 1. The molecular weight excluding hydrogens is 226 g/mol. The Kier molecular flexibility index (Phi) is 3.03. The quantitative estimate of drug-likeness (QED) is 0.849. The van der Waals surface area contributed by atoms with Gasteiger partial charge in [-0.05, 0) is 18.2 Å². The van der Waals surface area contributed by atoms with E-state index in [1.807, 2.05) is 6.07 Å². The highest BCUT2D eigenvalue weighted by Gasteiger charge is 2.01. The molecule has 2 rings (SSSR count). The molecule has 0 radical (unpaired) electrons. The van der Waals surface area contributed by atoms with E-state index in [0.717, 1.165) is 11.5 Å². The average molecular weight is 234 g/mol. The van der Waals surface area contributed by atoms with Gasteiger partial charge in [-0.25, -0.2) is 4.98 Å². The Morgan fingerprint density at radius 3 is 3.00 bits per heavy atom. The molecule has 1 aromatic carbocycles. The first-order chi connectivity index (χ1) is 7.79. The van der Waals surface area contributed by atoms with Crippen molar-refractivity contribution in [1.82, 2.24) is 15.2 Å². The predicted octanol–water partition coefficient (Wildman–Crippen LogP) is 1.94. The second-order valence-corrected chi connectivity index (χ2v) is 3.50. The van der Waals surface area contributed by atoms with Crippen molar-refractivity contribution in [3.05, 3.63) is 40.9 Å². The van der Waals surface area contributed by atoms with Gasteiger partial charge in [-0.3, -0.25) is 5.10 Å². The van der Waals surface area contributed by atoms with Crippen LogP contribution in [0, 0.1) is 11.3 Å². The van der Waals surface area contributed by atoms with Gasteiger partial charge in [-0.15, -0.1) is 0 Å². The Labute approximate surface area is 97.1 Å². The summed E-state index contributed by atoms with van der Waals surface area (Å²) in [6.45, 7) is 0.530. The van der Waals surface area contributed by atoms with Crippen molar-refractivity contribution < 1.29 is 0 Å². The number of hydrogen-bond donors (Lipinski definition) is 2. The summed E-state index contributed by atoms with van der Waals surface area (Å²) in [6, 6.07) is 7.17. The molecule has 0 aliphatic rings. The second kappa shape index (κ2) is 4.64. The topological polar surface area (TPSA) is 77.4 Å². The number of hydrogen-bond acceptors (Lipinski definition) is 4. The van der Waals surface area contributed by atoms with E-state index >= 15 is 0 Å². The highest BCUT2D eigenvalue weighted by atomic mass is 35.5. The molecule has 0 aliphatic heterocycles. The van der Waals surface area contributed by atoms with Gasteiger partial charge in [0.1, 0.15) is 18.2 Å². The van der Waals surface area contributed by atoms with Crippen LogP contribution in [-0.4, -0.2) is 15.2 Å². The van der Waals surface area contributed by atoms with Crippen LogP contribution >= 0.6 is 11.6 Å². The maximum Gasteiger partial charge on any atom is 0.143 e. The summed E-state index contributed by atoms with van der Waals surface area (Å²) in [6.07, 6.45) is 1.45. The normalized spacial score (nSPS) is 9.75. The molecule has 0 amide bonds. The molecule has 16 heavy (non-hydrogen) atoms. The number of rotatable bonds is 3. The zero-order chi connectivity index (χ0) is 11.4. The van der Waals surface area contributed by atoms with Gasteiger partial charge in [-0.2, -0.15) is 10.4 Å². The highest BCUT2D eigenvalue weighted by Crippen LogP contribution is 2.20. The van der Waals surface area contributed by atoms with Gasteiger partial charge in [0.15, 0.2) is 0 Å². The van der Waals surface area contributed by atoms with E-state index in [0.29, 0.717) is 17.1 Å². The third kappa shape index (κ3) is 2.30. The van der Waals surface area contributed by atoms with Gasteiger partial charge in [0.2, 0.25) is 0 Å². The number of halogens is 1. The van der Waals surface area contributed by atoms with Crippen LogP contribution < -0.4 is 5.32 Å². The standard InChI is InChI=1S/C10H8ClN5/c11-9-3-8(2-1-7(9)4-12)13-5-10-14-6-15-16-10/h1-3,6,13H,5H2,(H,14,15,16). The Bertz CT molecular complexity index is 515. The minimum Gasteiger partial charge on any atom is -0.378 e. The van der Waals surface area contributed by atoms with Crippen molar-refractivity contribution >= 4 is 17.3 Å². The van der Waals surface area contributed by atoms with Gasteiger partial charge in [-0.1, -0.05) is 11.6 Å². The van der Waals surface area contributed by atoms with Crippen LogP contribution in [0.15, 0.2) is 24.5 Å². The molecule has 0 unspecified atom stereocenters. The summed E-state index contributed by atoms with van der Waals surface area (Å²) < 4.78 is 0. The summed E-state index contributed by atoms with van der Waals surface area (Å²) in [5, 5.41) is 18.7. The molecule has 6 heteroatoms. The predicted molar refractivity (Wildman–Crippen MR) is 59.9 cm³/mol. The molecule has 5 nitrogen and oxygen atoms in total. The van der Waals surface area contributed by atoms with E-state index in [1.165, 1.54) is 6.33 Å². The van der Waals surface area contributed by atoms with Crippen LogP contribution in [0.1, 0.15) is 11.4 Å². The maximum atomic E-state index is 8.71. The fourth-order valence-corrected chi connectivity index (χ4v) is 1.44. The fraction of sp³-hybridized carbons (Fsp3) is 0.100. The molecule has 80 valence electrons. The van der Waals surface area contributed by atoms with Crippen LogP contribution in [0.5, 0.6) is 0 Å². The third-order valence-corrected chi connectivity index (χ3v) is 2.33. The van der Waals surface area contributed by atoms with Gasteiger partial charge in [0.25, 0.3) is 0 Å². The van der Waals surface area contributed by atoms with E-state index in [-0.39, 0.29) is 0 Å².